The quantitative estimate of drug-likeness (QED) is 0.836. The molecule has 0 radical (unpaired) electrons. The monoisotopic (exact) mass is 270 g/mol. The van der Waals surface area contributed by atoms with E-state index in [9.17, 15) is 0 Å². The fourth-order valence-corrected chi connectivity index (χ4v) is 3.01. The minimum atomic E-state index is 0.630. The fourth-order valence-electron chi connectivity index (χ4n) is 3.01. The Morgan fingerprint density at radius 1 is 1.15 bits per heavy atom. The van der Waals surface area contributed by atoms with Crippen LogP contribution in [0.3, 0.4) is 0 Å². The molecule has 1 atom stereocenters. The molecule has 106 valence electrons. The van der Waals surface area contributed by atoms with Gasteiger partial charge in [0.05, 0.1) is 6.54 Å². The first-order valence-corrected chi connectivity index (χ1v) is 7.52. The van der Waals surface area contributed by atoms with Crippen LogP contribution in [0.1, 0.15) is 24.8 Å². The van der Waals surface area contributed by atoms with Gasteiger partial charge in [0.15, 0.2) is 0 Å². The highest BCUT2D eigenvalue weighted by atomic mass is 15.3. The van der Waals surface area contributed by atoms with Gasteiger partial charge in [-0.25, -0.2) is 0 Å². The van der Waals surface area contributed by atoms with Crippen LogP contribution in [0.4, 0.5) is 0 Å². The first-order valence-electron chi connectivity index (χ1n) is 7.52. The lowest BCUT2D eigenvalue weighted by atomic mass is 10.0. The zero-order valence-electron chi connectivity index (χ0n) is 11.9. The maximum absolute atomic E-state index is 4.34. The Labute approximate surface area is 120 Å². The second-order valence-electron chi connectivity index (χ2n) is 5.52. The van der Waals surface area contributed by atoms with Crippen molar-refractivity contribution in [3.05, 3.63) is 48.5 Å². The van der Waals surface area contributed by atoms with Crippen molar-refractivity contribution in [3.8, 4) is 0 Å². The van der Waals surface area contributed by atoms with E-state index in [0.29, 0.717) is 6.04 Å². The topological polar surface area (TPSA) is 34.0 Å². The summed E-state index contributed by atoms with van der Waals surface area (Å²) in [5, 5.41) is 4.34. The SMILES string of the molecule is c1cnn(C[C@@H]2CCCCN2CCc2ccncc2)c1. The van der Waals surface area contributed by atoms with Gasteiger partial charge in [-0.05, 0) is 49.6 Å². The van der Waals surface area contributed by atoms with Gasteiger partial charge in [0.1, 0.15) is 0 Å². The van der Waals surface area contributed by atoms with E-state index in [1.165, 1.54) is 31.4 Å². The lowest BCUT2D eigenvalue weighted by Crippen LogP contribution is -2.43. The van der Waals surface area contributed by atoms with E-state index in [2.05, 4.69) is 38.0 Å². The van der Waals surface area contributed by atoms with E-state index in [0.717, 1.165) is 19.5 Å². The molecule has 2 aromatic heterocycles. The molecule has 4 nitrogen and oxygen atoms in total. The summed E-state index contributed by atoms with van der Waals surface area (Å²) in [6.45, 7) is 3.37. The average molecular weight is 270 g/mol. The van der Waals surface area contributed by atoms with Crippen LogP contribution >= 0.6 is 0 Å². The number of rotatable bonds is 5. The summed E-state index contributed by atoms with van der Waals surface area (Å²) in [4.78, 5) is 6.71. The zero-order valence-corrected chi connectivity index (χ0v) is 11.9. The van der Waals surface area contributed by atoms with Crippen molar-refractivity contribution < 1.29 is 0 Å². The van der Waals surface area contributed by atoms with Crippen LogP contribution in [-0.2, 0) is 13.0 Å². The molecule has 0 N–H and O–H groups in total. The summed E-state index contributed by atoms with van der Waals surface area (Å²) in [7, 11) is 0. The Kier molecular flexibility index (Phi) is 4.43. The van der Waals surface area contributed by atoms with Crippen LogP contribution in [0.25, 0.3) is 0 Å². The van der Waals surface area contributed by atoms with Gasteiger partial charge in [-0.15, -0.1) is 0 Å². The number of likely N-dealkylation sites (tertiary alicyclic amines) is 1. The number of nitrogens with zero attached hydrogens (tertiary/aromatic N) is 4. The predicted octanol–water partition coefficient (Wildman–Crippen LogP) is 2.38. The Morgan fingerprint density at radius 3 is 2.85 bits per heavy atom. The summed E-state index contributed by atoms with van der Waals surface area (Å²) in [5.74, 6) is 0. The summed E-state index contributed by atoms with van der Waals surface area (Å²) in [6.07, 6.45) is 12.8. The van der Waals surface area contributed by atoms with Crippen molar-refractivity contribution >= 4 is 0 Å². The largest absolute Gasteiger partial charge is 0.298 e. The maximum atomic E-state index is 4.34. The molecular formula is C16H22N4. The van der Waals surface area contributed by atoms with Gasteiger partial charge in [-0.3, -0.25) is 14.6 Å². The Morgan fingerprint density at radius 2 is 2.05 bits per heavy atom. The normalized spacial score (nSPS) is 20.1. The van der Waals surface area contributed by atoms with Crippen molar-refractivity contribution in [3.63, 3.8) is 0 Å². The van der Waals surface area contributed by atoms with E-state index in [4.69, 9.17) is 0 Å². The van der Waals surface area contributed by atoms with E-state index < -0.39 is 0 Å². The van der Waals surface area contributed by atoms with Crippen molar-refractivity contribution in [2.45, 2.75) is 38.3 Å². The molecule has 1 saturated heterocycles. The first kappa shape index (κ1) is 13.3. The average Bonchev–Trinajstić information content (AvgIpc) is 3.00. The molecule has 1 aliphatic heterocycles. The first-order chi connectivity index (χ1) is 9.92. The molecule has 20 heavy (non-hydrogen) atoms. The smallest absolute Gasteiger partial charge is 0.0564 e. The second kappa shape index (κ2) is 6.66. The summed E-state index contributed by atoms with van der Waals surface area (Å²) >= 11 is 0. The van der Waals surface area contributed by atoms with Crippen LogP contribution in [-0.4, -0.2) is 38.8 Å². The van der Waals surface area contributed by atoms with Gasteiger partial charge in [0.2, 0.25) is 0 Å². The highest BCUT2D eigenvalue weighted by Crippen LogP contribution is 2.18. The molecule has 3 rings (SSSR count). The van der Waals surface area contributed by atoms with E-state index >= 15 is 0 Å². The van der Waals surface area contributed by atoms with Gasteiger partial charge in [-0.2, -0.15) is 5.10 Å². The third kappa shape index (κ3) is 3.45. The number of hydrogen-bond donors (Lipinski definition) is 0. The van der Waals surface area contributed by atoms with E-state index in [1.807, 2.05) is 24.7 Å². The number of pyridine rings is 1. The van der Waals surface area contributed by atoms with E-state index in [1.54, 1.807) is 0 Å². The summed E-state index contributed by atoms with van der Waals surface area (Å²) in [6, 6.07) is 6.87. The van der Waals surface area contributed by atoms with Crippen LogP contribution < -0.4 is 0 Å². The molecular weight excluding hydrogens is 248 g/mol. The molecule has 0 amide bonds. The molecule has 1 fully saturated rings. The molecule has 4 heteroatoms. The number of aromatic nitrogens is 3. The molecule has 0 saturated carbocycles. The predicted molar refractivity (Wildman–Crippen MR) is 79.4 cm³/mol. The fraction of sp³-hybridized carbons (Fsp3) is 0.500. The Balaban J connectivity index is 1.57. The highest BCUT2D eigenvalue weighted by Gasteiger charge is 2.22. The highest BCUT2D eigenvalue weighted by molar-refractivity contribution is 5.10. The van der Waals surface area contributed by atoms with Crippen LogP contribution in [0.15, 0.2) is 43.0 Å². The molecule has 0 aliphatic carbocycles. The summed E-state index contributed by atoms with van der Waals surface area (Å²) < 4.78 is 2.06. The molecule has 0 unspecified atom stereocenters. The van der Waals surface area contributed by atoms with Gasteiger partial charge < -0.3 is 0 Å². The second-order valence-corrected chi connectivity index (χ2v) is 5.52. The van der Waals surface area contributed by atoms with Crippen molar-refractivity contribution in [2.24, 2.45) is 0 Å². The lowest BCUT2D eigenvalue weighted by molar-refractivity contribution is 0.131. The van der Waals surface area contributed by atoms with Gasteiger partial charge in [0.25, 0.3) is 0 Å². The third-order valence-electron chi connectivity index (χ3n) is 4.14. The Bertz CT molecular complexity index is 494. The Hall–Kier alpha value is -1.68. The lowest BCUT2D eigenvalue weighted by Gasteiger charge is -2.35. The molecule has 1 aliphatic rings. The van der Waals surface area contributed by atoms with E-state index in [-0.39, 0.29) is 0 Å². The molecule has 0 bridgehead atoms. The maximum Gasteiger partial charge on any atom is 0.0564 e. The van der Waals surface area contributed by atoms with Crippen LogP contribution in [0.2, 0.25) is 0 Å². The standard InChI is InChI=1S/C16H22N4/c1-2-11-19(13-7-15-5-9-17-10-6-15)16(4-1)14-20-12-3-8-18-20/h3,5-6,8-10,12,16H,1-2,4,7,11,13-14H2/t16-/m0/s1. The van der Waals surface area contributed by atoms with Crippen LogP contribution in [0, 0.1) is 0 Å². The van der Waals surface area contributed by atoms with Crippen molar-refractivity contribution in [1.29, 1.82) is 0 Å². The van der Waals surface area contributed by atoms with Gasteiger partial charge in [0, 0.05) is 37.4 Å². The number of hydrogen-bond acceptors (Lipinski definition) is 3. The number of piperidine rings is 1. The molecule has 0 spiro atoms. The minimum absolute atomic E-state index is 0.630. The van der Waals surface area contributed by atoms with Crippen molar-refractivity contribution in [2.75, 3.05) is 13.1 Å². The molecule has 0 aromatic carbocycles. The van der Waals surface area contributed by atoms with Gasteiger partial charge >= 0.3 is 0 Å². The zero-order chi connectivity index (χ0) is 13.6. The summed E-state index contributed by atoms with van der Waals surface area (Å²) in [5.41, 5.74) is 1.38. The minimum Gasteiger partial charge on any atom is -0.298 e. The van der Waals surface area contributed by atoms with Crippen molar-refractivity contribution in [1.82, 2.24) is 19.7 Å². The van der Waals surface area contributed by atoms with Gasteiger partial charge in [-0.1, -0.05) is 6.42 Å². The molecule has 3 heterocycles. The third-order valence-corrected chi connectivity index (χ3v) is 4.14. The molecule has 2 aromatic rings. The van der Waals surface area contributed by atoms with Crippen LogP contribution in [0.5, 0.6) is 0 Å².